The maximum absolute atomic E-state index is 13.2. The fraction of sp³-hybridized carbons (Fsp3) is 0.636. The summed E-state index contributed by atoms with van der Waals surface area (Å²) in [5, 5.41) is 8.86. The quantitative estimate of drug-likeness (QED) is 0.0544. The number of unbranched alkanes of at least 4 members (excludes halogenated alkanes) is 1. The van der Waals surface area contributed by atoms with Crippen LogP contribution in [-0.4, -0.2) is 88.9 Å². The third kappa shape index (κ3) is 18.5. The van der Waals surface area contributed by atoms with Gasteiger partial charge >= 0.3 is 35.7 Å². The van der Waals surface area contributed by atoms with Crippen molar-refractivity contribution in [2.75, 3.05) is 26.1 Å². The highest BCUT2D eigenvalue weighted by atomic mass is 127. The molecule has 0 radical (unpaired) electrons. The lowest BCUT2D eigenvalue weighted by atomic mass is 10.1. The second kappa shape index (κ2) is 22.5. The summed E-state index contributed by atoms with van der Waals surface area (Å²) in [4.78, 5) is 56.7. The molecule has 3 N–H and O–H groups in total. The molecule has 0 aliphatic carbocycles. The number of amides is 2. The van der Waals surface area contributed by atoms with Crippen LogP contribution in [0.2, 0.25) is 0 Å². The predicted octanol–water partition coefficient (Wildman–Crippen LogP) is 4.23. The Kier molecular flexibility index (Phi) is 19.4. The molecule has 0 saturated carbocycles. The Morgan fingerprint density at radius 3 is 1.72 bits per heavy atom. The molecule has 3 rings (SSSR count). The Morgan fingerprint density at radius 1 is 0.705 bits per heavy atom. The zero-order chi connectivity index (χ0) is 45.1. The molecule has 2 atom stereocenters. The van der Waals surface area contributed by atoms with E-state index in [-0.39, 0.29) is 30.4 Å². The number of rotatable bonds is 18. The van der Waals surface area contributed by atoms with Gasteiger partial charge < -0.3 is 68.3 Å². The third-order valence-electron chi connectivity index (χ3n) is 8.46. The van der Waals surface area contributed by atoms with Crippen molar-refractivity contribution >= 4 is 41.2 Å². The van der Waals surface area contributed by atoms with Crippen LogP contribution >= 0.6 is 0 Å². The number of esters is 2. The monoisotopic (exact) mass is 968 g/mol. The maximum atomic E-state index is 13.2. The number of benzene rings is 1. The Morgan fingerprint density at radius 2 is 1.23 bits per heavy atom. The van der Waals surface area contributed by atoms with Crippen LogP contribution in [0.15, 0.2) is 36.5 Å². The first-order valence-electron chi connectivity index (χ1n) is 20.6. The van der Waals surface area contributed by atoms with Gasteiger partial charge in [-0.25, -0.2) is 23.7 Å². The van der Waals surface area contributed by atoms with Gasteiger partial charge in [0, 0.05) is 18.2 Å². The number of pyridine rings is 1. The molecule has 61 heavy (non-hydrogen) atoms. The van der Waals surface area contributed by atoms with E-state index < -0.39 is 58.6 Å². The molecular formula is C44H69IN6O10. The first kappa shape index (κ1) is 52.6. The van der Waals surface area contributed by atoms with E-state index >= 15 is 0 Å². The van der Waals surface area contributed by atoms with Gasteiger partial charge in [-0.2, -0.15) is 0 Å². The summed E-state index contributed by atoms with van der Waals surface area (Å²) in [6.45, 7) is 22.6. The van der Waals surface area contributed by atoms with Gasteiger partial charge in [-0.15, -0.1) is 0 Å². The Hall–Kier alpha value is -4.55. The highest BCUT2D eigenvalue weighted by Crippen LogP contribution is 2.28. The van der Waals surface area contributed by atoms with Gasteiger partial charge in [0.2, 0.25) is 0 Å². The molecule has 0 fully saturated rings. The molecule has 2 aromatic heterocycles. The summed E-state index contributed by atoms with van der Waals surface area (Å²) in [6, 6.07) is 7.79. The van der Waals surface area contributed by atoms with E-state index in [4.69, 9.17) is 33.4 Å². The number of carbonyl (C=O) groups is 4. The van der Waals surface area contributed by atoms with Gasteiger partial charge in [-0.05, 0) is 144 Å². The lowest BCUT2D eigenvalue weighted by Gasteiger charge is -2.26. The second-order valence-corrected chi connectivity index (χ2v) is 18.6. The molecule has 0 bridgehead atoms. The van der Waals surface area contributed by atoms with Crippen LogP contribution in [-0.2, 0) is 41.6 Å². The molecule has 0 unspecified atom stereocenters. The van der Waals surface area contributed by atoms with Crippen molar-refractivity contribution in [1.29, 1.82) is 0 Å². The minimum absolute atomic E-state index is 0. The molecule has 2 amide bonds. The predicted molar refractivity (Wildman–Crippen MR) is 228 cm³/mol. The largest absolute Gasteiger partial charge is 1.00 e. The van der Waals surface area contributed by atoms with Gasteiger partial charge in [-0.3, -0.25) is 4.57 Å². The standard InChI is InChI=1S/C44H68N6O10.HI/c1-41(2,3)57-36(51)31(46-39(53)59-43(7,8)9)19-15-16-25-49-26-18-21-33-35(49)48-38(50(33)28-29-22-23-30(55-13)27-34(29)56-14)45-24-17-20-32(37(52)58-42(4,5)6)47-40(54)60-44(10,11)12;/h18,21-23,26-27,31-32H,15-17,19-20,24-25,28H2,1-14H3,(H2,46,47,53,54);1H/t31-,32-;/m0./s1. The minimum Gasteiger partial charge on any atom is -1.00 e. The van der Waals surface area contributed by atoms with Crippen molar-refractivity contribution in [3.8, 4) is 11.5 Å². The molecule has 1 aromatic carbocycles. The summed E-state index contributed by atoms with van der Waals surface area (Å²) in [6.07, 6.45) is 2.92. The highest BCUT2D eigenvalue weighted by Gasteiger charge is 2.31. The van der Waals surface area contributed by atoms with E-state index in [1.807, 2.05) is 36.5 Å². The zero-order valence-electron chi connectivity index (χ0n) is 38.6. The van der Waals surface area contributed by atoms with Crippen molar-refractivity contribution in [3.05, 3.63) is 42.1 Å². The number of hydrogen-bond acceptors (Lipinski definition) is 12. The van der Waals surface area contributed by atoms with Crippen molar-refractivity contribution < 1.29 is 76.1 Å². The number of carbonyl (C=O) groups excluding carboxylic acids is 4. The molecule has 17 heteroatoms. The van der Waals surface area contributed by atoms with Gasteiger partial charge in [0.15, 0.2) is 0 Å². The number of anilines is 1. The number of alkyl carbamates (subject to hydrolysis) is 2. The van der Waals surface area contributed by atoms with E-state index in [1.165, 1.54) is 0 Å². The van der Waals surface area contributed by atoms with Crippen LogP contribution in [0.3, 0.4) is 0 Å². The summed E-state index contributed by atoms with van der Waals surface area (Å²) in [7, 11) is 3.21. The van der Waals surface area contributed by atoms with Gasteiger partial charge in [0.1, 0.15) is 51.5 Å². The van der Waals surface area contributed by atoms with Crippen LogP contribution in [0.4, 0.5) is 15.5 Å². The summed E-state index contributed by atoms with van der Waals surface area (Å²) >= 11 is 0. The van der Waals surface area contributed by atoms with Crippen molar-refractivity contribution in [2.45, 2.75) is 163 Å². The van der Waals surface area contributed by atoms with Crippen molar-refractivity contribution in [1.82, 2.24) is 20.2 Å². The van der Waals surface area contributed by atoms with Gasteiger partial charge in [0.05, 0.1) is 33.5 Å². The summed E-state index contributed by atoms with van der Waals surface area (Å²) in [5.41, 5.74) is -0.469. The Balaban J connectivity index is 0.0000128. The summed E-state index contributed by atoms with van der Waals surface area (Å²) in [5.74, 6) is 0.829. The van der Waals surface area contributed by atoms with E-state index in [0.29, 0.717) is 62.8 Å². The Bertz CT molecular complexity index is 1920. The molecule has 342 valence electrons. The van der Waals surface area contributed by atoms with E-state index in [0.717, 1.165) is 16.7 Å². The van der Waals surface area contributed by atoms with Crippen LogP contribution in [0.5, 0.6) is 11.5 Å². The number of fused-ring (bicyclic) bond motifs is 1. The number of nitrogens with one attached hydrogen (secondary N) is 3. The van der Waals surface area contributed by atoms with Crippen molar-refractivity contribution in [2.24, 2.45) is 0 Å². The lowest BCUT2D eigenvalue weighted by Crippen LogP contribution is -3.00. The highest BCUT2D eigenvalue weighted by molar-refractivity contribution is 5.82. The lowest BCUT2D eigenvalue weighted by molar-refractivity contribution is -0.673. The topological polar surface area (TPSA) is 181 Å². The Labute approximate surface area is 378 Å². The van der Waals surface area contributed by atoms with E-state index in [9.17, 15) is 19.2 Å². The van der Waals surface area contributed by atoms with Crippen LogP contribution < -0.4 is 54.0 Å². The van der Waals surface area contributed by atoms with Crippen LogP contribution in [0, 0.1) is 0 Å². The smallest absolute Gasteiger partial charge is 0.408 e. The number of aryl methyl sites for hydroxylation is 1. The third-order valence-corrected chi connectivity index (χ3v) is 8.46. The SMILES string of the molecule is COc1ccc(Cn2c(NCCC[C@H](NC(=O)OC(C)(C)C)C(=O)OC(C)(C)C)nc3c2ccc[n+]3CCCC[C@H](NC(=O)OC(C)(C)C)C(=O)OC(C)(C)C)c(OC)c1.[I-]. The maximum Gasteiger partial charge on any atom is 0.408 e. The molecule has 0 spiro atoms. The molecule has 3 aromatic rings. The molecular weight excluding hydrogens is 899 g/mol. The molecule has 16 nitrogen and oxygen atoms in total. The first-order chi connectivity index (χ1) is 27.8. The van der Waals surface area contributed by atoms with Crippen LogP contribution in [0.25, 0.3) is 11.2 Å². The van der Waals surface area contributed by atoms with Gasteiger partial charge in [-0.1, -0.05) is 0 Å². The normalized spacial score (nSPS) is 13.0. The number of imidazole rings is 1. The number of aromatic nitrogens is 3. The molecule has 0 aliphatic rings. The first-order valence-corrected chi connectivity index (χ1v) is 20.6. The number of methoxy groups -OCH3 is 2. The van der Waals surface area contributed by atoms with Crippen molar-refractivity contribution in [3.63, 3.8) is 0 Å². The minimum atomic E-state index is -0.931. The number of halogens is 1. The summed E-state index contributed by atoms with van der Waals surface area (Å²) < 4.78 is 37.4. The van der Waals surface area contributed by atoms with Gasteiger partial charge in [0.25, 0.3) is 0 Å². The number of hydrogen-bond donors (Lipinski definition) is 3. The fourth-order valence-corrected chi connectivity index (χ4v) is 6.05. The molecule has 0 aliphatic heterocycles. The van der Waals surface area contributed by atoms with E-state index in [1.54, 1.807) is 97.3 Å². The number of ether oxygens (including phenoxy) is 6. The fourth-order valence-electron chi connectivity index (χ4n) is 6.05. The second-order valence-electron chi connectivity index (χ2n) is 18.6. The average molecular weight is 969 g/mol. The van der Waals surface area contributed by atoms with E-state index in [2.05, 4.69) is 25.1 Å². The van der Waals surface area contributed by atoms with Crippen LogP contribution in [0.1, 0.15) is 121 Å². The average Bonchev–Trinajstić information content (AvgIpc) is 3.45. The molecule has 2 heterocycles. The zero-order valence-corrected chi connectivity index (χ0v) is 40.7. The molecule has 0 saturated heterocycles. The number of nitrogens with zero attached hydrogens (tertiary/aromatic N) is 3.